The normalized spacial score (nSPS) is 9.00. The van der Waals surface area contributed by atoms with Gasteiger partial charge in [-0.05, 0) is 18.6 Å². The molecule has 0 unspecified atom stereocenters. The maximum Gasteiger partial charge on any atom is 0.164 e. The third-order valence-electron chi connectivity index (χ3n) is 0.939. The third-order valence-corrected chi connectivity index (χ3v) is 1.84. The lowest BCUT2D eigenvalue weighted by Crippen LogP contribution is -1.80. The van der Waals surface area contributed by atoms with E-state index in [0.29, 0.717) is 0 Å². The largest absolute Gasteiger partial charge is 0.422 e. The molecule has 0 bridgehead atoms. The molecule has 1 nitrogen and oxygen atoms in total. The van der Waals surface area contributed by atoms with Crippen LogP contribution in [0, 0.1) is 0 Å². The molecule has 0 aliphatic heterocycles. The molecule has 0 aromatic carbocycles. The van der Waals surface area contributed by atoms with Gasteiger partial charge in [0.1, 0.15) is 0 Å². The maximum atomic E-state index is 4.79. The first kappa shape index (κ1) is 9.24. The van der Waals surface area contributed by atoms with E-state index < -0.39 is 0 Å². The van der Waals surface area contributed by atoms with Crippen molar-refractivity contribution < 1.29 is 4.18 Å². The molecule has 54 valence electrons. The van der Waals surface area contributed by atoms with Crippen LogP contribution in [0.5, 0.6) is 0 Å². The van der Waals surface area contributed by atoms with Crippen molar-refractivity contribution in [1.82, 2.24) is 0 Å². The Hall–Kier alpha value is 0.240. The second kappa shape index (κ2) is 8.24. The number of hydrogen-bond acceptors (Lipinski definition) is 3. The zero-order chi connectivity index (χ0) is 6.95. The Morgan fingerprint density at radius 1 is 1.56 bits per heavy atom. The van der Waals surface area contributed by atoms with E-state index in [1.807, 2.05) is 0 Å². The molecule has 0 radical (unpaired) electrons. The number of thiocarbonyl (C=S) groups is 1. The highest BCUT2D eigenvalue weighted by Gasteiger charge is 1.86. The van der Waals surface area contributed by atoms with Gasteiger partial charge in [-0.2, -0.15) is 0 Å². The van der Waals surface area contributed by atoms with E-state index in [0.717, 1.165) is 5.75 Å². The van der Waals surface area contributed by atoms with E-state index >= 15 is 0 Å². The molecule has 0 saturated carbocycles. The average molecular weight is 164 g/mol. The van der Waals surface area contributed by atoms with Gasteiger partial charge in [-0.1, -0.05) is 19.8 Å². The van der Waals surface area contributed by atoms with Crippen molar-refractivity contribution >= 4 is 29.8 Å². The van der Waals surface area contributed by atoms with Crippen molar-refractivity contribution in [2.45, 2.75) is 26.2 Å². The van der Waals surface area contributed by atoms with E-state index in [1.54, 1.807) is 0 Å². The van der Waals surface area contributed by atoms with Crippen LogP contribution in [0.1, 0.15) is 26.2 Å². The number of rotatable bonds is 6. The smallest absolute Gasteiger partial charge is 0.164 e. The lowest BCUT2D eigenvalue weighted by atomic mass is 10.3. The maximum absolute atomic E-state index is 4.79. The van der Waals surface area contributed by atoms with Crippen LogP contribution in [0.3, 0.4) is 0 Å². The van der Waals surface area contributed by atoms with E-state index in [9.17, 15) is 0 Å². The molecule has 0 heterocycles. The SMILES string of the molecule is CCCCCSOC=S. The van der Waals surface area contributed by atoms with Crippen molar-refractivity contribution in [3.05, 3.63) is 0 Å². The molecule has 9 heavy (non-hydrogen) atoms. The van der Waals surface area contributed by atoms with Crippen LogP contribution in [0.2, 0.25) is 0 Å². The Balaban J connectivity index is 2.66. The van der Waals surface area contributed by atoms with Gasteiger partial charge in [0.25, 0.3) is 0 Å². The van der Waals surface area contributed by atoms with Gasteiger partial charge in [-0.15, -0.1) is 0 Å². The number of hydrogen-bond donors (Lipinski definition) is 0. The molecule has 0 aliphatic carbocycles. The van der Waals surface area contributed by atoms with Crippen molar-refractivity contribution in [3.63, 3.8) is 0 Å². The molecule has 0 N–H and O–H groups in total. The van der Waals surface area contributed by atoms with Gasteiger partial charge in [0.2, 0.25) is 0 Å². The fourth-order valence-electron chi connectivity index (χ4n) is 0.487. The highest BCUT2D eigenvalue weighted by molar-refractivity contribution is 7.95. The molecular weight excluding hydrogens is 152 g/mol. The summed E-state index contributed by atoms with van der Waals surface area (Å²) in [6, 6.07) is 0. The predicted molar refractivity (Wildman–Crippen MR) is 46.7 cm³/mol. The fraction of sp³-hybridized carbons (Fsp3) is 0.833. The third kappa shape index (κ3) is 8.24. The van der Waals surface area contributed by atoms with Gasteiger partial charge in [-0.3, -0.25) is 0 Å². The van der Waals surface area contributed by atoms with E-state index in [1.165, 1.54) is 36.9 Å². The summed E-state index contributed by atoms with van der Waals surface area (Å²) < 4.78 is 4.79. The first-order valence-electron chi connectivity index (χ1n) is 3.13. The highest BCUT2D eigenvalue weighted by atomic mass is 32.2. The van der Waals surface area contributed by atoms with Crippen LogP contribution in [0.25, 0.3) is 0 Å². The Labute approximate surface area is 66.4 Å². The molecule has 3 heteroatoms. The minimum Gasteiger partial charge on any atom is -0.422 e. The molecule has 0 fully saturated rings. The van der Waals surface area contributed by atoms with Gasteiger partial charge >= 0.3 is 0 Å². The predicted octanol–water partition coefficient (Wildman–Crippen LogP) is 2.80. The summed E-state index contributed by atoms with van der Waals surface area (Å²) in [6.07, 6.45) is 3.77. The molecule has 0 aromatic heterocycles. The molecule has 0 amide bonds. The second-order valence-corrected chi connectivity index (χ2v) is 2.75. The Morgan fingerprint density at radius 2 is 2.33 bits per heavy atom. The van der Waals surface area contributed by atoms with Gasteiger partial charge < -0.3 is 4.18 Å². The van der Waals surface area contributed by atoms with Crippen LogP contribution in [0.15, 0.2) is 0 Å². The van der Waals surface area contributed by atoms with Crippen molar-refractivity contribution in [3.8, 4) is 0 Å². The van der Waals surface area contributed by atoms with Crippen LogP contribution in [-0.2, 0) is 4.18 Å². The summed E-state index contributed by atoms with van der Waals surface area (Å²) in [5.74, 6) is 1.06. The first-order chi connectivity index (χ1) is 4.41. The highest BCUT2D eigenvalue weighted by Crippen LogP contribution is 2.05. The molecule has 0 aliphatic rings. The summed E-state index contributed by atoms with van der Waals surface area (Å²) in [4.78, 5) is 0. The van der Waals surface area contributed by atoms with Gasteiger partial charge in [0, 0.05) is 5.75 Å². The van der Waals surface area contributed by atoms with E-state index in [2.05, 4.69) is 19.1 Å². The minimum absolute atomic E-state index is 1.06. The monoisotopic (exact) mass is 164 g/mol. The second-order valence-electron chi connectivity index (χ2n) is 1.72. The fourth-order valence-corrected chi connectivity index (χ4v) is 1.13. The van der Waals surface area contributed by atoms with Crippen LogP contribution < -0.4 is 0 Å². The van der Waals surface area contributed by atoms with Crippen LogP contribution >= 0.6 is 24.3 Å². The lowest BCUT2D eigenvalue weighted by Gasteiger charge is -1.95. The summed E-state index contributed by atoms with van der Waals surface area (Å²) >= 11 is 5.90. The Kier molecular flexibility index (Phi) is 8.46. The minimum atomic E-state index is 1.06. The molecular formula is C6H12OS2. The van der Waals surface area contributed by atoms with Crippen molar-refractivity contribution in [1.29, 1.82) is 0 Å². The van der Waals surface area contributed by atoms with Crippen LogP contribution in [-0.4, -0.2) is 11.3 Å². The van der Waals surface area contributed by atoms with E-state index in [4.69, 9.17) is 4.18 Å². The lowest BCUT2D eigenvalue weighted by molar-refractivity contribution is 0.679. The molecule has 0 spiro atoms. The Bertz CT molecular complexity index is 66.1. The summed E-state index contributed by atoms with van der Waals surface area (Å²) in [5.41, 5.74) is 1.30. The summed E-state index contributed by atoms with van der Waals surface area (Å²) in [7, 11) is 0. The van der Waals surface area contributed by atoms with Crippen LogP contribution in [0.4, 0.5) is 0 Å². The van der Waals surface area contributed by atoms with Crippen molar-refractivity contribution in [2.75, 3.05) is 5.75 Å². The van der Waals surface area contributed by atoms with Gasteiger partial charge in [-0.25, -0.2) is 0 Å². The summed E-state index contributed by atoms with van der Waals surface area (Å²) in [6.45, 7) is 2.19. The zero-order valence-corrected chi connectivity index (χ0v) is 7.26. The molecule has 0 saturated heterocycles. The standard InChI is InChI=1S/C6H12OS2/c1-2-3-4-5-9-7-6-8/h6H,2-5H2,1H3. The zero-order valence-electron chi connectivity index (χ0n) is 5.63. The Morgan fingerprint density at radius 3 is 2.89 bits per heavy atom. The van der Waals surface area contributed by atoms with E-state index in [-0.39, 0.29) is 0 Å². The van der Waals surface area contributed by atoms with Gasteiger partial charge in [0.05, 0.1) is 12.0 Å². The molecule has 0 rings (SSSR count). The summed E-state index contributed by atoms with van der Waals surface area (Å²) in [5, 5.41) is 0. The number of unbranched alkanes of at least 4 members (excludes halogenated alkanes) is 2. The van der Waals surface area contributed by atoms with Crippen molar-refractivity contribution in [2.24, 2.45) is 0 Å². The molecule has 0 atom stereocenters. The average Bonchev–Trinajstić information content (AvgIpc) is 1.89. The van der Waals surface area contributed by atoms with Gasteiger partial charge in [0.15, 0.2) is 5.55 Å². The first-order valence-corrected chi connectivity index (χ1v) is 4.52. The molecule has 0 aromatic rings. The topological polar surface area (TPSA) is 9.23 Å². The quantitative estimate of drug-likeness (QED) is 0.339.